The lowest BCUT2D eigenvalue weighted by atomic mass is 9.92. The molecule has 0 saturated carbocycles. The summed E-state index contributed by atoms with van der Waals surface area (Å²) in [7, 11) is 11.6. The third-order valence-electron chi connectivity index (χ3n) is 8.25. The lowest BCUT2D eigenvalue weighted by Crippen LogP contribution is -2.36. The number of aromatic nitrogens is 2. The molecule has 0 aliphatic rings. The highest BCUT2D eigenvalue weighted by Crippen LogP contribution is 2.44. The Morgan fingerprint density at radius 1 is 0.870 bits per heavy atom. The Kier molecular flexibility index (Phi) is 10.1. The first-order valence-electron chi connectivity index (χ1n) is 15.6. The number of aryl methyl sites for hydroxylation is 2. The Bertz CT molecular complexity index is 1780. The van der Waals surface area contributed by atoms with Crippen LogP contribution in [-0.2, 0) is 7.05 Å². The fourth-order valence-electron chi connectivity index (χ4n) is 6.05. The monoisotopic (exact) mass is 624 g/mol. The predicted molar refractivity (Wildman–Crippen MR) is 184 cm³/mol. The highest BCUT2D eigenvalue weighted by molar-refractivity contribution is 6.20. The number of methoxy groups -OCH3 is 1. The van der Waals surface area contributed by atoms with Gasteiger partial charge in [-0.05, 0) is 77.9 Å². The predicted octanol–water partition coefficient (Wildman–Crippen LogP) is 5.90. The normalized spacial score (nSPS) is 11.6. The van der Waals surface area contributed by atoms with E-state index in [-0.39, 0.29) is 11.8 Å². The fourth-order valence-corrected chi connectivity index (χ4v) is 6.05. The Morgan fingerprint density at radius 2 is 1.41 bits per heavy atom. The zero-order valence-corrected chi connectivity index (χ0v) is 27.9. The van der Waals surface area contributed by atoms with Gasteiger partial charge in [-0.15, -0.1) is 0 Å². The lowest BCUT2D eigenvalue weighted by Gasteiger charge is -2.24. The summed E-state index contributed by atoms with van der Waals surface area (Å²) in [6.07, 6.45) is 3.52. The molecule has 0 aliphatic carbocycles. The first-order chi connectivity index (χ1) is 22.1. The van der Waals surface area contributed by atoms with E-state index in [4.69, 9.17) is 9.26 Å². The molecular formula is C36H44N6O4. The van der Waals surface area contributed by atoms with Crippen molar-refractivity contribution >= 4 is 39.0 Å². The molecule has 2 amide bonds. The summed E-state index contributed by atoms with van der Waals surface area (Å²) >= 11 is 0. The fraction of sp³-hybridized carbons (Fsp3) is 0.361. The van der Waals surface area contributed by atoms with Gasteiger partial charge in [0.25, 0.3) is 11.8 Å². The largest absolute Gasteiger partial charge is 0.495 e. The summed E-state index contributed by atoms with van der Waals surface area (Å²) in [5.41, 5.74) is 2.62. The van der Waals surface area contributed by atoms with Crippen molar-refractivity contribution in [1.82, 2.24) is 24.4 Å². The molecule has 0 bridgehead atoms. The highest BCUT2D eigenvalue weighted by Gasteiger charge is 2.27. The van der Waals surface area contributed by atoms with Gasteiger partial charge in [-0.1, -0.05) is 53.7 Å². The smallest absolute Gasteiger partial charge is 0.270 e. The van der Waals surface area contributed by atoms with Crippen LogP contribution in [0.25, 0.3) is 32.8 Å². The maximum absolute atomic E-state index is 14.0. The molecule has 10 nitrogen and oxygen atoms in total. The van der Waals surface area contributed by atoms with Crippen LogP contribution in [0.15, 0.2) is 65.3 Å². The van der Waals surface area contributed by atoms with Gasteiger partial charge in [0.1, 0.15) is 28.5 Å². The summed E-state index contributed by atoms with van der Waals surface area (Å²) in [5.74, 6) is 0.742. The summed E-state index contributed by atoms with van der Waals surface area (Å²) in [5, 5.41) is 11.1. The number of carbonyl (C=O) groups excluding carboxylic acids is 2. The first-order valence-corrected chi connectivity index (χ1v) is 15.6. The SMILES string of the molecule is COc1c2ccccc2c(-c2noc(C)c2C(=O)Nc2cc(C(=O)N(CCCN(C)C)CCCN(C)C)n(C)c2)c2ccccc12. The molecule has 0 saturated heterocycles. The number of rotatable bonds is 13. The van der Waals surface area contributed by atoms with Gasteiger partial charge in [-0.25, -0.2) is 0 Å². The number of hydrogen-bond acceptors (Lipinski definition) is 7. The van der Waals surface area contributed by atoms with E-state index in [1.807, 2.05) is 88.7 Å². The van der Waals surface area contributed by atoms with Crippen molar-refractivity contribution in [2.24, 2.45) is 7.05 Å². The van der Waals surface area contributed by atoms with Crippen molar-refractivity contribution in [2.75, 3.05) is 66.8 Å². The first kappa shape index (κ1) is 32.7. The maximum atomic E-state index is 14.0. The van der Waals surface area contributed by atoms with E-state index in [0.29, 0.717) is 41.5 Å². The van der Waals surface area contributed by atoms with Crippen molar-refractivity contribution in [3.05, 3.63) is 77.8 Å². The second-order valence-corrected chi connectivity index (χ2v) is 12.2. The number of carbonyl (C=O) groups is 2. The third-order valence-corrected chi connectivity index (χ3v) is 8.25. The van der Waals surface area contributed by atoms with Gasteiger partial charge in [0.2, 0.25) is 0 Å². The second kappa shape index (κ2) is 14.2. The van der Waals surface area contributed by atoms with E-state index in [0.717, 1.165) is 58.8 Å². The minimum atomic E-state index is -0.365. The van der Waals surface area contributed by atoms with Crippen molar-refractivity contribution in [1.29, 1.82) is 0 Å². The van der Waals surface area contributed by atoms with Crippen LogP contribution >= 0.6 is 0 Å². The van der Waals surface area contributed by atoms with Gasteiger partial charge in [0.05, 0.1) is 12.8 Å². The molecule has 0 unspecified atom stereocenters. The zero-order valence-electron chi connectivity index (χ0n) is 27.9. The van der Waals surface area contributed by atoms with Gasteiger partial charge >= 0.3 is 0 Å². The molecule has 46 heavy (non-hydrogen) atoms. The molecule has 0 radical (unpaired) electrons. The topological polar surface area (TPSA) is 96.1 Å². The summed E-state index contributed by atoms with van der Waals surface area (Å²) < 4.78 is 13.3. The Labute approximate surface area is 270 Å². The van der Waals surface area contributed by atoms with E-state index in [1.54, 1.807) is 30.9 Å². The number of hydrogen-bond donors (Lipinski definition) is 1. The molecule has 0 fully saturated rings. The van der Waals surface area contributed by atoms with E-state index >= 15 is 0 Å². The number of benzene rings is 3. The van der Waals surface area contributed by atoms with Gasteiger partial charge in [-0.2, -0.15) is 0 Å². The van der Waals surface area contributed by atoms with Crippen LogP contribution in [0.5, 0.6) is 5.75 Å². The molecule has 0 spiro atoms. The molecule has 3 aromatic carbocycles. The van der Waals surface area contributed by atoms with E-state index in [1.165, 1.54) is 0 Å². The van der Waals surface area contributed by atoms with Crippen molar-refractivity contribution in [2.45, 2.75) is 19.8 Å². The van der Waals surface area contributed by atoms with Crippen LogP contribution in [0, 0.1) is 6.92 Å². The minimum absolute atomic E-state index is 0.0569. The van der Waals surface area contributed by atoms with Crippen LogP contribution in [0.4, 0.5) is 5.69 Å². The van der Waals surface area contributed by atoms with E-state index < -0.39 is 0 Å². The molecule has 1 N–H and O–H groups in total. The number of amides is 2. The average molecular weight is 625 g/mol. The molecule has 2 heterocycles. The molecule has 10 heteroatoms. The van der Waals surface area contributed by atoms with E-state index in [9.17, 15) is 9.59 Å². The summed E-state index contributed by atoms with van der Waals surface area (Å²) in [4.78, 5) is 33.9. The van der Waals surface area contributed by atoms with Gasteiger partial charge in [0.15, 0.2) is 0 Å². The van der Waals surface area contributed by atoms with Crippen LogP contribution in [-0.4, -0.2) is 97.7 Å². The molecule has 242 valence electrons. The quantitative estimate of drug-likeness (QED) is 0.163. The number of fused-ring (bicyclic) bond motifs is 2. The molecule has 5 aromatic rings. The number of anilines is 1. The van der Waals surface area contributed by atoms with Crippen LogP contribution in [0.3, 0.4) is 0 Å². The van der Waals surface area contributed by atoms with Crippen LogP contribution in [0.1, 0.15) is 39.4 Å². The third kappa shape index (κ3) is 6.78. The van der Waals surface area contributed by atoms with Crippen molar-refractivity contribution in [3.8, 4) is 17.0 Å². The number of nitrogens with zero attached hydrogens (tertiary/aromatic N) is 5. The Morgan fingerprint density at radius 3 is 1.93 bits per heavy atom. The van der Waals surface area contributed by atoms with E-state index in [2.05, 4.69) is 20.3 Å². The van der Waals surface area contributed by atoms with Crippen molar-refractivity contribution in [3.63, 3.8) is 0 Å². The lowest BCUT2D eigenvalue weighted by molar-refractivity contribution is 0.0735. The van der Waals surface area contributed by atoms with Crippen LogP contribution in [0.2, 0.25) is 0 Å². The number of nitrogens with one attached hydrogen (secondary N) is 1. The molecule has 0 atom stereocenters. The molecule has 2 aromatic heterocycles. The molecular weight excluding hydrogens is 580 g/mol. The standard InChI is InChI=1S/C36H44N6O4/c1-24-31(33(38-46-24)32-26-14-8-10-16-28(26)34(45-7)29-17-11-9-15-27(29)32)35(43)37-25-22-30(41(6)23-25)36(44)42(20-12-18-39(2)3)21-13-19-40(4)5/h8-11,14-17,22-23H,12-13,18-21H2,1-7H3,(H,37,43). The molecule has 5 rings (SSSR count). The Hall–Kier alpha value is -4.67. The minimum Gasteiger partial charge on any atom is -0.495 e. The van der Waals surface area contributed by atoms with Crippen LogP contribution < -0.4 is 10.1 Å². The van der Waals surface area contributed by atoms with Crippen molar-refractivity contribution < 1.29 is 18.8 Å². The Balaban J connectivity index is 1.46. The zero-order chi connectivity index (χ0) is 33.0. The summed E-state index contributed by atoms with van der Waals surface area (Å²) in [6, 6.07) is 17.6. The average Bonchev–Trinajstić information content (AvgIpc) is 3.59. The van der Waals surface area contributed by atoms with Gasteiger partial charge in [0, 0.05) is 42.7 Å². The maximum Gasteiger partial charge on any atom is 0.270 e. The highest BCUT2D eigenvalue weighted by atomic mass is 16.5. The summed E-state index contributed by atoms with van der Waals surface area (Å²) in [6.45, 7) is 4.84. The van der Waals surface area contributed by atoms with Gasteiger partial charge in [-0.3, -0.25) is 9.59 Å². The molecule has 0 aliphatic heterocycles. The van der Waals surface area contributed by atoms with Gasteiger partial charge < -0.3 is 33.8 Å². The second-order valence-electron chi connectivity index (χ2n) is 12.2. The number of ether oxygens (including phenoxy) is 1.